The number of carbonyl (C=O) groups excluding carboxylic acids is 1. The molecule has 174 valence electrons. The van der Waals surface area contributed by atoms with E-state index >= 15 is 0 Å². The van der Waals surface area contributed by atoms with Crippen LogP contribution in [-0.2, 0) is 28.5 Å². The van der Waals surface area contributed by atoms with E-state index in [1.165, 1.54) is 0 Å². The third-order valence-electron chi connectivity index (χ3n) is 5.31. The van der Waals surface area contributed by atoms with Gasteiger partial charge in [-0.05, 0) is 59.3 Å². The molecule has 30 heavy (non-hydrogen) atoms. The minimum atomic E-state index is -5.74. The van der Waals surface area contributed by atoms with Gasteiger partial charge in [0, 0.05) is 13.1 Å². The van der Waals surface area contributed by atoms with E-state index in [1.54, 1.807) is 39.5 Å². The highest BCUT2D eigenvalue weighted by molar-refractivity contribution is 7.87. The van der Waals surface area contributed by atoms with Crippen LogP contribution in [0.25, 0.3) is 0 Å². The first-order valence-corrected chi connectivity index (χ1v) is 11.2. The summed E-state index contributed by atoms with van der Waals surface area (Å²) in [6.07, 6.45) is -2.58. The minimum Gasteiger partial charge on any atom is -0.444 e. The number of likely N-dealkylation sites (tertiary alicyclic amines) is 1. The van der Waals surface area contributed by atoms with Crippen LogP contribution >= 0.6 is 0 Å². The molecule has 12 heteroatoms. The Balaban J connectivity index is 1.62. The summed E-state index contributed by atoms with van der Waals surface area (Å²) in [6.45, 7) is 9.47. The SMILES string of the molecule is CC(C)(C)OC(=O)N1CC(C[C@H]2C[C@H](OS(=O)(=O)C(F)(F)F)[C@@H]3OC(C)(C)O[C@H]23)C1. The summed E-state index contributed by atoms with van der Waals surface area (Å²) in [5.41, 5.74) is -6.10. The summed E-state index contributed by atoms with van der Waals surface area (Å²) < 4.78 is 82.6. The Bertz CT molecular complexity index is 772. The standard InChI is InChI=1S/C18H28F3NO7S/c1-16(2,3)28-15(23)22-8-10(9-22)6-11-7-12(29-30(24,25)18(19,20)21)14-13(11)26-17(4,5)27-14/h10-14H,6-9H2,1-5H3/t11-,12-,13+,14-/m0/s1. The van der Waals surface area contributed by atoms with Gasteiger partial charge < -0.3 is 19.1 Å². The highest BCUT2D eigenvalue weighted by Crippen LogP contribution is 2.47. The van der Waals surface area contributed by atoms with Gasteiger partial charge in [-0.1, -0.05) is 0 Å². The molecule has 0 aromatic rings. The smallest absolute Gasteiger partial charge is 0.444 e. The largest absolute Gasteiger partial charge is 0.523 e. The number of amides is 1. The van der Waals surface area contributed by atoms with E-state index in [-0.39, 0.29) is 18.3 Å². The highest BCUT2D eigenvalue weighted by atomic mass is 32.2. The van der Waals surface area contributed by atoms with Gasteiger partial charge in [-0.3, -0.25) is 4.18 Å². The van der Waals surface area contributed by atoms with Gasteiger partial charge in [0.2, 0.25) is 0 Å². The zero-order valence-electron chi connectivity index (χ0n) is 17.6. The highest BCUT2D eigenvalue weighted by Gasteiger charge is 2.58. The molecule has 0 aromatic carbocycles. The molecule has 1 saturated carbocycles. The Morgan fingerprint density at radius 1 is 1.13 bits per heavy atom. The number of ether oxygens (including phenoxy) is 3. The lowest BCUT2D eigenvalue weighted by atomic mass is 9.87. The van der Waals surface area contributed by atoms with E-state index in [2.05, 4.69) is 4.18 Å². The average Bonchev–Trinajstić information content (AvgIpc) is 2.93. The van der Waals surface area contributed by atoms with E-state index in [0.29, 0.717) is 19.5 Å². The van der Waals surface area contributed by atoms with Crippen LogP contribution in [0.15, 0.2) is 0 Å². The van der Waals surface area contributed by atoms with Gasteiger partial charge in [-0.25, -0.2) is 4.79 Å². The summed E-state index contributed by atoms with van der Waals surface area (Å²) in [7, 11) is -5.74. The third-order valence-corrected chi connectivity index (χ3v) is 6.38. The molecule has 0 N–H and O–H groups in total. The second kappa shape index (κ2) is 7.49. The van der Waals surface area contributed by atoms with Gasteiger partial charge in [0.05, 0.1) is 6.10 Å². The summed E-state index contributed by atoms with van der Waals surface area (Å²) >= 11 is 0. The maximum absolute atomic E-state index is 12.8. The van der Waals surface area contributed by atoms with Crippen LogP contribution in [-0.4, -0.2) is 67.7 Å². The Labute approximate surface area is 174 Å². The first-order valence-electron chi connectivity index (χ1n) is 9.80. The number of nitrogens with zero attached hydrogens (tertiary/aromatic N) is 1. The molecule has 0 radical (unpaired) electrons. The number of hydrogen-bond donors (Lipinski definition) is 0. The maximum atomic E-state index is 12.8. The van der Waals surface area contributed by atoms with Gasteiger partial charge in [0.1, 0.15) is 17.8 Å². The quantitative estimate of drug-likeness (QED) is 0.471. The first-order chi connectivity index (χ1) is 13.5. The number of carbonyl (C=O) groups is 1. The molecular weight excluding hydrogens is 431 g/mol. The molecule has 1 amide bonds. The van der Waals surface area contributed by atoms with Crippen molar-refractivity contribution in [2.45, 2.75) is 82.7 Å². The fourth-order valence-electron chi connectivity index (χ4n) is 4.20. The molecule has 0 unspecified atom stereocenters. The zero-order valence-corrected chi connectivity index (χ0v) is 18.4. The molecule has 0 aromatic heterocycles. The summed E-state index contributed by atoms with van der Waals surface area (Å²) in [6, 6.07) is 0. The molecular formula is C18H28F3NO7S. The van der Waals surface area contributed by atoms with Crippen molar-refractivity contribution < 1.29 is 44.8 Å². The van der Waals surface area contributed by atoms with Crippen LogP contribution < -0.4 is 0 Å². The summed E-state index contributed by atoms with van der Waals surface area (Å²) in [4.78, 5) is 13.6. The molecule has 2 aliphatic heterocycles. The van der Waals surface area contributed by atoms with Crippen LogP contribution in [0.5, 0.6) is 0 Å². The third kappa shape index (κ3) is 5.03. The predicted molar refractivity (Wildman–Crippen MR) is 97.7 cm³/mol. The number of halogens is 3. The molecule has 3 aliphatic rings. The Hall–Kier alpha value is -1.11. The number of rotatable bonds is 4. The Kier molecular flexibility index (Phi) is 5.88. The monoisotopic (exact) mass is 459 g/mol. The topological polar surface area (TPSA) is 91.4 Å². The van der Waals surface area contributed by atoms with Crippen LogP contribution in [0.3, 0.4) is 0 Å². The van der Waals surface area contributed by atoms with Gasteiger partial charge >= 0.3 is 21.7 Å². The molecule has 3 rings (SSSR count). The molecule has 3 fully saturated rings. The van der Waals surface area contributed by atoms with E-state index < -0.39 is 51.4 Å². The predicted octanol–water partition coefficient (Wildman–Crippen LogP) is 3.02. The Morgan fingerprint density at radius 3 is 2.23 bits per heavy atom. The van der Waals surface area contributed by atoms with Crippen molar-refractivity contribution in [3.8, 4) is 0 Å². The lowest BCUT2D eigenvalue weighted by Crippen LogP contribution is -2.52. The van der Waals surface area contributed by atoms with Gasteiger partial charge in [0.25, 0.3) is 0 Å². The van der Waals surface area contributed by atoms with E-state index in [0.717, 1.165) is 0 Å². The molecule has 8 nitrogen and oxygen atoms in total. The lowest BCUT2D eigenvalue weighted by Gasteiger charge is -2.41. The van der Waals surface area contributed by atoms with Crippen LogP contribution in [0, 0.1) is 11.8 Å². The second-order valence-corrected chi connectivity index (χ2v) is 11.1. The van der Waals surface area contributed by atoms with Crippen molar-refractivity contribution in [1.82, 2.24) is 4.90 Å². The zero-order chi connectivity index (χ0) is 22.7. The number of alkyl halides is 3. The first kappa shape index (κ1) is 23.6. The van der Waals surface area contributed by atoms with E-state index in [1.807, 2.05) is 0 Å². The molecule has 0 bridgehead atoms. The van der Waals surface area contributed by atoms with Gasteiger partial charge in [-0.15, -0.1) is 0 Å². The van der Waals surface area contributed by atoms with Crippen LogP contribution in [0.4, 0.5) is 18.0 Å². The fraction of sp³-hybridized carbons (Fsp3) is 0.944. The molecule has 0 spiro atoms. The number of fused-ring (bicyclic) bond motifs is 1. The number of hydrogen-bond acceptors (Lipinski definition) is 7. The van der Waals surface area contributed by atoms with E-state index in [9.17, 15) is 26.4 Å². The Morgan fingerprint density at radius 2 is 1.70 bits per heavy atom. The average molecular weight is 459 g/mol. The van der Waals surface area contributed by atoms with Crippen molar-refractivity contribution >= 4 is 16.2 Å². The van der Waals surface area contributed by atoms with Gasteiger partial charge in [0.15, 0.2) is 5.79 Å². The van der Waals surface area contributed by atoms with Gasteiger partial charge in [-0.2, -0.15) is 21.6 Å². The van der Waals surface area contributed by atoms with Crippen molar-refractivity contribution in [2.75, 3.05) is 13.1 Å². The summed E-state index contributed by atoms with van der Waals surface area (Å²) in [5, 5.41) is 0. The van der Waals surface area contributed by atoms with Crippen molar-refractivity contribution in [1.29, 1.82) is 0 Å². The molecule has 4 atom stereocenters. The molecule has 2 heterocycles. The maximum Gasteiger partial charge on any atom is 0.523 e. The lowest BCUT2D eigenvalue weighted by molar-refractivity contribution is -0.166. The van der Waals surface area contributed by atoms with Crippen molar-refractivity contribution in [3.63, 3.8) is 0 Å². The molecule has 1 aliphatic carbocycles. The van der Waals surface area contributed by atoms with Crippen molar-refractivity contribution in [2.24, 2.45) is 11.8 Å². The minimum absolute atomic E-state index is 0.0592. The van der Waals surface area contributed by atoms with Crippen molar-refractivity contribution in [3.05, 3.63) is 0 Å². The fourth-order valence-corrected chi connectivity index (χ4v) is 4.82. The summed E-state index contributed by atoms with van der Waals surface area (Å²) in [5.74, 6) is -1.20. The second-order valence-electron chi connectivity index (χ2n) is 9.58. The normalized spacial score (nSPS) is 32.1. The van der Waals surface area contributed by atoms with Crippen LogP contribution in [0.2, 0.25) is 0 Å². The van der Waals surface area contributed by atoms with E-state index in [4.69, 9.17) is 14.2 Å². The van der Waals surface area contributed by atoms with Crippen LogP contribution in [0.1, 0.15) is 47.5 Å². The molecule has 2 saturated heterocycles.